The molecule has 5 nitrogen and oxygen atoms in total. The fraction of sp³-hybridized carbons (Fsp3) is 0.357. The number of rotatable bonds is 3. The van der Waals surface area contributed by atoms with Crippen LogP contribution in [0.3, 0.4) is 0 Å². The lowest BCUT2D eigenvalue weighted by Gasteiger charge is -2.15. The zero-order chi connectivity index (χ0) is 13.9. The van der Waals surface area contributed by atoms with E-state index in [4.69, 9.17) is 4.74 Å². The molecule has 1 aliphatic heterocycles. The van der Waals surface area contributed by atoms with Crippen molar-refractivity contribution in [2.24, 2.45) is 0 Å². The molecule has 0 N–H and O–H groups in total. The lowest BCUT2D eigenvalue weighted by Crippen LogP contribution is -2.32. The summed E-state index contributed by atoms with van der Waals surface area (Å²) in [6, 6.07) is 5.69. The van der Waals surface area contributed by atoms with Gasteiger partial charge in [0.1, 0.15) is 6.33 Å². The van der Waals surface area contributed by atoms with Gasteiger partial charge in [0.15, 0.2) is 6.61 Å². The van der Waals surface area contributed by atoms with Crippen molar-refractivity contribution >= 4 is 32.7 Å². The van der Waals surface area contributed by atoms with Gasteiger partial charge in [0.05, 0.1) is 10.9 Å². The van der Waals surface area contributed by atoms with E-state index in [1.165, 1.54) is 6.33 Å². The van der Waals surface area contributed by atoms with E-state index < -0.39 is 0 Å². The number of halogens is 1. The van der Waals surface area contributed by atoms with E-state index in [1.54, 1.807) is 0 Å². The number of carbonyl (C=O) groups is 1. The Hall–Kier alpha value is -1.69. The van der Waals surface area contributed by atoms with E-state index in [2.05, 4.69) is 25.9 Å². The standard InChI is InChI=1S/C14H14BrN3O2/c15-10-3-4-12-11(7-10)14(17-9-16-12)20-8-13(19)18-5-1-2-6-18/h3-4,7,9H,1-2,5-6,8H2. The van der Waals surface area contributed by atoms with E-state index in [-0.39, 0.29) is 12.5 Å². The summed E-state index contributed by atoms with van der Waals surface area (Å²) in [5.41, 5.74) is 0.798. The minimum Gasteiger partial charge on any atom is -0.467 e. The molecule has 20 heavy (non-hydrogen) atoms. The summed E-state index contributed by atoms with van der Waals surface area (Å²) in [7, 11) is 0. The highest BCUT2D eigenvalue weighted by Gasteiger charge is 2.18. The maximum Gasteiger partial charge on any atom is 0.260 e. The molecule has 1 aromatic heterocycles. The highest BCUT2D eigenvalue weighted by molar-refractivity contribution is 9.10. The van der Waals surface area contributed by atoms with Gasteiger partial charge < -0.3 is 9.64 Å². The van der Waals surface area contributed by atoms with E-state index in [1.807, 2.05) is 23.1 Å². The van der Waals surface area contributed by atoms with Gasteiger partial charge >= 0.3 is 0 Å². The van der Waals surface area contributed by atoms with Crippen molar-refractivity contribution < 1.29 is 9.53 Å². The summed E-state index contributed by atoms with van der Waals surface area (Å²) in [4.78, 5) is 22.1. The van der Waals surface area contributed by atoms with E-state index >= 15 is 0 Å². The van der Waals surface area contributed by atoms with Crippen LogP contribution < -0.4 is 4.74 Å². The van der Waals surface area contributed by atoms with Gasteiger partial charge in [-0.1, -0.05) is 15.9 Å². The number of aromatic nitrogens is 2. The first kappa shape index (κ1) is 13.3. The third kappa shape index (κ3) is 2.75. The fourth-order valence-corrected chi connectivity index (χ4v) is 2.67. The third-order valence-electron chi connectivity index (χ3n) is 3.35. The second-order valence-electron chi connectivity index (χ2n) is 4.72. The highest BCUT2D eigenvalue weighted by atomic mass is 79.9. The largest absolute Gasteiger partial charge is 0.467 e. The fourth-order valence-electron chi connectivity index (χ4n) is 2.31. The molecule has 0 radical (unpaired) electrons. The first-order valence-electron chi connectivity index (χ1n) is 6.55. The molecule has 3 rings (SSSR count). The van der Waals surface area contributed by atoms with Gasteiger partial charge in [0.2, 0.25) is 5.88 Å². The van der Waals surface area contributed by atoms with Crippen molar-refractivity contribution in [3.8, 4) is 5.88 Å². The molecule has 104 valence electrons. The average molecular weight is 336 g/mol. The smallest absolute Gasteiger partial charge is 0.260 e. The van der Waals surface area contributed by atoms with E-state index in [0.717, 1.165) is 41.3 Å². The quantitative estimate of drug-likeness (QED) is 0.864. The summed E-state index contributed by atoms with van der Waals surface area (Å²) in [6.45, 7) is 1.69. The van der Waals surface area contributed by atoms with Crippen molar-refractivity contribution in [1.29, 1.82) is 0 Å². The Kier molecular flexibility index (Phi) is 3.82. The highest BCUT2D eigenvalue weighted by Crippen LogP contribution is 2.24. The maximum absolute atomic E-state index is 12.0. The van der Waals surface area contributed by atoms with Crippen LogP contribution in [0.1, 0.15) is 12.8 Å². The van der Waals surface area contributed by atoms with Gasteiger partial charge in [-0.3, -0.25) is 4.79 Å². The van der Waals surface area contributed by atoms with Gasteiger partial charge in [0.25, 0.3) is 5.91 Å². The van der Waals surface area contributed by atoms with Crippen LogP contribution in [-0.2, 0) is 4.79 Å². The van der Waals surface area contributed by atoms with Gasteiger partial charge in [-0.2, -0.15) is 0 Å². The van der Waals surface area contributed by atoms with Crippen molar-refractivity contribution in [2.45, 2.75) is 12.8 Å². The van der Waals surface area contributed by atoms with Crippen LogP contribution in [-0.4, -0.2) is 40.5 Å². The number of benzene rings is 1. The van der Waals surface area contributed by atoms with Crippen LogP contribution >= 0.6 is 15.9 Å². The van der Waals surface area contributed by atoms with Gasteiger partial charge in [-0.25, -0.2) is 9.97 Å². The number of likely N-dealkylation sites (tertiary alicyclic amines) is 1. The van der Waals surface area contributed by atoms with Crippen LogP contribution in [0.15, 0.2) is 29.0 Å². The predicted molar refractivity (Wildman–Crippen MR) is 78.5 cm³/mol. The van der Waals surface area contributed by atoms with Crippen molar-refractivity contribution in [3.05, 3.63) is 29.0 Å². The second kappa shape index (κ2) is 5.75. The first-order valence-corrected chi connectivity index (χ1v) is 7.34. The van der Waals surface area contributed by atoms with Crippen molar-refractivity contribution in [3.63, 3.8) is 0 Å². The molecule has 0 atom stereocenters. The molecule has 0 spiro atoms. The second-order valence-corrected chi connectivity index (χ2v) is 5.63. The summed E-state index contributed by atoms with van der Waals surface area (Å²) in [5, 5.41) is 0.802. The molecular formula is C14H14BrN3O2. The lowest BCUT2D eigenvalue weighted by atomic mass is 10.2. The Balaban J connectivity index is 1.77. The Morgan fingerprint density at radius 2 is 2.10 bits per heavy atom. The van der Waals surface area contributed by atoms with E-state index in [9.17, 15) is 4.79 Å². The van der Waals surface area contributed by atoms with E-state index in [0.29, 0.717) is 5.88 Å². The minimum absolute atomic E-state index is 0.0178. The zero-order valence-corrected chi connectivity index (χ0v) is 12.5. The van der Waals surface area contributed by atoms with Gasteiger partial charge in [-0.15, -0.1) is 0 Å². The zero-order valence-electron chi connectivity index (χ0n) is 10.9. The van der Waals surface area contributed by atoms with Crippen LogP contribution in [0, 0.1) is 0 Å². The van der Waals surface area contributed by atoms with Crippen LogP contribution in [0.25, 0.3) is 10.9 Å². The molecule has 6 heteroatoms. The molecule has 0 bridgehead atoms. The monoisotopic (exact) mass is 335 g/mol. The molecular weight excluding hydrogens is 322 g/mol. The molecule has 1 amide bonds. The molecule has 0 saturated carbocycles. The average Bonchev–Trinajstić information content (AvgIpc) is 2.99. The number of carbonyl (C=O) groups excluding carboxylic acids is 1. The lowest BCUT2D eigenvalue weighted by molar-refractivity contribution is -0.132. The Morgan fingerprint density at radius 1 is 1.30 bits per heavy atom. The van der Waals surface area contributed by atoms with Crippen molar-refractivity contribution in [1.82, 2.24) is 14.9 Å². The van der Waals surface area contributed by atoms with Gasteiger partial charge in [-0.05, 0) is 31.0 Å². The molecule has 1 saturated heterocycles. The summed E-state index contributed by atoms with van der Waals surface area (Å²) in [6.07, 6.45) is 3.61. The Labute approximate surface area is 125 Å². The topological polar surface area (TPSA) is 55.3 Å². The Bertz CT molecular complexity index is 641. The number of hydrogen-bond acceptors (Lipinski definition) is 4. The SMILES string of the molecule is O=C(COc1ncnc2ccc(Br)cc12)N1CCCC1. The number of nitrogens with zero attached hydrogens (tertiary/aromatic N) is 3. The number of amides is 1. The molecule has 1 aromatic carbocycles. The van der Waals surface area contributed by atoms with Gasteiger partial charge in [0, 0.05) is 17.6 Å². The van der Waals surface area contributed by atoms with Crippen LogP contribution in [0.2, 0.25) is 0 Å². The first-order chi connectivity index (χ1) is 9.74. The number of ether oxygens (including phenoxy) is 1. The Morgan fingerprint density at radius 3 is 2.90 bits per heavy atom. The number of hydrogen-bond donors (Lipinski definition) is 0. The maximum atomic E-state index is 12.0. The van der Waals surface area contributed by atoms with Crippen LogP contribution in [0.4, 0.5) is 0 Å². The molecule has 0 unspecified atom stereocenters. The number of fused-ring (bicyclic) bond motifs is 1. The normalized spacial score (nSPS) is 14.8. The molecule has 2 heterocycles. The molecule has 1 fully saturated rings. The molecule has 1 aliphatic rings. The summed E-state index contributed by atoms with van der Waals surface area (Å²) in [5.74, 6) is 0.466. The molecule has 2 aromatic rings. The predicted octanol–water partition coefficient (Wildman–Crippen LogP) is 2.39. The summed E-state index contributed by atoms with van der Waals surface area (Å²) < 4.78 is 6.51. The molecule has 0 aliphatic carbocycles. The van der Waals surface area contributed by atoms with Crippen LogP contribution in [0.5, 0.6) is 5.88 Å². The summed E-state index contributed by atoms with van der Waals surface area (Å²) >= 11 is 3.41. The minimum atomic E-state index is 0.0178. The van der Waals surface area contributed by atoms with Crippen molar-refractivity contribution in [2.75, 3.05) is 19.7 Å². The third-order valence-corrected chi connectivity index (χ3v) is 3.85.